The second-order valence-corrected chi connectivity index (χ2v) is 7.80. The van der Waals surface area contributed by atoms with Gasteiger partial charge in [0.05, 0.1) is 27.9 Å². The summed E-state index contributed by atoms with van der Waals surface area (Å²) in [7, 11) is 4.47. The summed E-state index contributed by atoms with van der Waals surface area (Å²) in [6.45, 7) is 2.23. The highest BCUT2D eigenvalue weighted by atomic mass is 16.5. The third-order valence-electron chi connectivity index (χ3n) is 5.58. The highest BCUT2D eigenvalue weighted by Gasteiger charge is 2.27. The number of nitrogens with two attached hydrogens (primary N) is 1. The Labute approximate surface area is 202 Å². The highest BCUT2D eigenvalue weighted by molar-refractivity contribution is 6.07. The van der Waals surface area contributed by atoms with Gasteiger partial charge < -0.3 is 19.9 Å². The van der Waals surface area contributed by atoms with Gasteiger partial charge in [0, 0.05) is 23.7 Å². The number of carbonyl (C=O) groups is 1. The van der Waals surface area contributed by atoms with Crippen molar-refractivity contribution < 1.29 is 19.0 Å². The lowest BCUT2D eigenvalue weighted by molar-refractivity contribution is 0.0984. The number of methoxy groups -OCH3 is 3. The lowest BCUT2D eigenvalue weighted by Gasteiger charge is -2.26. The summed E-state index contributed by atoms with van der Waals surface area (Å²) in [5.74, 6) is 0.707. The smallest absolute Gasteiger partial charge is 0.330 e. The standard InChI is InChI=1S/C25H30N4O6/c1-5-6-11-28-22(26)21(23(30)27-25(28)32)29(15-16-9-7-8-10-20(16)35-4)24(31)17-12-18(33-2)14-19(13-17)34-3/h7-10,12-14H,5-6,11,15,26H2,1-4H3,(H,27,30,32). The Kier molecular flexibility index (Phi) is 8.19. The first kappa shape index (κ1) is 25.4. The number of para-hydroxylation sites is 1. The molecule has 3 N–H and O–H groups in total. The summed E-state index contributed by atoms with van der Waals surface area (Å²) in [6, 6.07) is 11.8. The lowest BCUT2D eigenvalue weighted by atomic mass is 10.1. The van der Waals surface area contributed by atoms with Crippen molar-refractivity contribution in [3.05, 3.63) is 74.4 Å². The van der Waals surface area contributed by atoms with E-state index >= 15 is 0 Å². The Bertz CT molecular complexity index is 1290. The zero-order valence-electron chi connectivity index (χ0n) is 20.3. The molecule has 186 valence electrons. The van der Waals surface area contributed by atoms with Crippen LogP contribution >= 0.6 is 0 Å². The van der Waals surface area contributed by atoms with Gasteiger partial charge in [0.1, 0.15) is 23.1 Å². The summed E-state index contributed by atoms with van der Waals surface area (Å²) in [5.41, 5.74) is 5.68. The number of anilines is 2. The molecule has 0 atom stereocenters. The van der Waals surface area contributed by atoms with Gasteiger partial charge in [-0.3, -0.25) is 24.0 Å². The maximum atomic E-state index is 13.9. The molecule has 3 rings (SSSR count). The molecule has 0 spiro atoms. The molecule has 3 aromatic rings. The third-order valence-corrected chi connectivity index (χ3v) is 5.58. The number of nitrogen functional groups attached to an aromatic ring is 1. The van der Waals surface area contributed by atoms with Gasteiger partial charge in [-0.05, 0) is 24.6 Å². The first-order chi connectivity index (χ1) is 16.8. The minimum absolute atomic E-state index is 0.0400. The Balaban J connectivity index is 2.23. The van der Waals surface area contributed by atoms with Gasteiger partial charge in [-0.1, -0.05) is 31.5 Å². The van der Waals surface area contributed by atoms with E-state index in [1.54, 1.807) is 30.3 Å². The molecule has 10 heteroatoms. The van der Waals surface area contributed by atoms with Crippen LogP contribution in [0.25, 0.3) is 0 Å². The molecular formula is C25H30N4O6. The van der Waals surface area contributed by atoms with Crippen LogP contribution in [0.15, 0.2) is 52.1 Å². The van der Waals surface area contributed by atoms with Crippen LogP contribution < -0.4 is 36.1 Å². The molecule has 0 aliphatic carbocycles. The van der Waals surface area contributed by atoms with E-state index < -0.39 is 17.2 Å². The van der Waals surface area contributed by atoms with E-state index in [9.17, 15) is 14.4 Å². The average molecular weight is 483 g/mol. The van der Waals surface area contributed by atoms with Crippen LogP contribution in [-0.2, 0) is 13.1 Å². The Morgan fingerprint density at radius 2 is 1.69 bits per heavy atom. The van der Waals surface area contributed by atoms with E-state index in [1.807, 2.05) is 6.92 Å². The summed E-state index contributed by atoms with van der Waals surface area (Å²) in [4.78, 5) is 42.9. The van der Waals surface area contributed by atoms with Crippen LogP contribution in [-0.4, -0.2) is 36.8 Å². The molecule has 0 fully saturated rings. The van der Waals surface area contributed by atoms with Crippen molar-refractivity contribution in [2.45, 2.75) is 32.9 Å². The van der Waals surface area contributed by atoms with Crippen molar-refractivity contribution >= 4 is 17.4 Å². The number of nitrogens with zero attached hydrogens (tertiary/aromatic N) is 2. The molecule has 1 heterocycles. The number of aromatic nitrogens is 2. The summed E-state index contributed by atoms with van der Waals surface area (Å²) in [6.07, 6.45) is 1.48. The van der Waals surface area contributed by atoms with Crippen LogP contribution in [0.1, 0.15) is 35.7 Å². The fourth-order valence-corrected chi connectivity index (χ4v) is 3.72. The number of hydrogen-bond donors (Lipinski definition) is 2. The largest absolute Gasteiger partial charge is 0.497 e. The molecule has 35 heavy (non-hydrogen) atoms. The molecule has 0 saturated carbocycles. The molecule has 1 aromatic heterocycles. The number of unbranched alkanes of at least 4 members (excludes halogenated alkanes) is 1. The van der Waals surface area contributed by atoms with E-state index in [0.29, 0.717) is 35.8 Å². The normalized spacial score (nSPS) is 10.6. The van der Waals surface area contributed by atoms with E-state index in [-0.39, 0.29) is 23.6 Å². The molecule has 10 nitrogen and oxygen atoms in total. The second kappa shape index (κ2) is 11.3. The quantitative estimate of drug-likeness (QED) is 0.455. The molecule has 1 amide bonds. The van der Waals surface area contributed by atoms with Gasteiger partial charge in [0.2, 0.25) is 0 Å². The van der Waals surface area contributed by atoms with Gasteiger partial charge >= 0.3 is 5.69 Å². The Morgan fingerprint density at radius 3 is 2.29 bits per heavy atom. The fourth-order valence-electron chi connectivity index (χ4n) is 3.72. The number of carbonyl (C=O) groups excluding carboxylic acids is 1. The molecule has 0 radical (unpaired) electrons. The number of nitrogens with one attached hydrogen (secondary N) is 1. The van der Waals surface area contributed by atoms with Gasteiger partial charge in [-0.2, -0.15) is 0 Å². The number of amides is 1. The molecule has 0 aliphatic heterocycles. The van der Waals surface area contributed by atoms with Gasteiger partial charge in [0.25, 0.3) is 11.5 Å². The van der Waals surface area contributed by atoms with Gasteiger partial charge in [-0.25, -0.2) is 4.79 Å². The first-order valence-electron chi connectivity index (χ1n) is 11.1. The number of benzene rings is 2. The predicted octanol–water partition coefficient (Wildman–Crippen LogP) is 2.79. The van der Waals surface area contributed by atoms with E-state index in [1.165, 1.54) is 42.9 Å². The first-order valence-corrected chi connectivity index (χ1v) is 11.1. The highest BCUT2D eigenvalue weighted by Crippen LogP contribution is 2.29. The minimum Gasteiger partial charge on any atom is -0.497 e. The molecule has 0 bridgehead atoms. The zero-order valence-corrected chi connectivity index (χ0v) is 20.3. The van der Waals surface area contributed by atoms with Crippen molar-refractivity contribution in [3.63, 3.8) is 0 Å². The van der Waals surface area contributed by atoms with Gasteiger partial charge in [0.15, 0.2) is 5.69 Å². The Hall–Kier alpha value is -4.21. The topological polar surface area (TPSA) is 129 Å². The fraction of sp³-hybridized carbons (Fsp3) is 0.320. The molecule has 0 unspecified atom stereocenters. The molecular weight excluding hydrogens is 452 g/mol. The number of aromatic amines is 1. The lowest BCUT2D eigenvalue weighted by Crippen LogP contribution is -2.41. The predicted molar refractivity (Wildman–Crippen MR) is 134 cm³/mol. The zero-order chi connectivity index (χ0) is 25.5. The summed E-state index contributed by atoms with van der Waals surface area (Å²) in [5, 5.41) is 0. The molecule has 2 aromatic carbocycles. The van der Waals surface area contributed by atoms with Crippen molar-refractivity contribution in [1.29, 1.82) is 0 Å². The van der Waals surface area contributed by atoms with E-state index in [4.69, 9.17) is 19.9 Å². The summed E-state index contributed by atoms with van der Waals surface area (Å²) < 4.78 is 17.3. The monoisotopic (exact) mass is 482 g/mol. The van der Waals surface area contributed by atoms with Crippen LogP contribution in [0.3, 0.4) is 0 Å². The SMILES string of the molecule is CCCCn1c(N)c(N(Cc2ccccc2OC)C(=O)c2cc(OC)cc(OC)c2)c(=O)[nH]c1=O. The molecule has 0 saturated heterocycles. The van der Waals surface area contributed by atoms with Gasteiger partial charge in [-0.15, -0.1) is 0 Å². The van der Waals surface area contributed by atoms with Crippen LogP contribution in [0.4, 0.5) is 11.5 Å². The van der Waals surface area contributed by atoms with Crippen molar-refractivity contribution in [2.24, 2.45) is 0 Å². The third kappa shape index (κ3) is 5.48. The van der Waals surface area contributed by atoms with Crippen LogP contribution in [0, 0.1) is 0 Å². The van der Waals surface area contributed by atoms with Crippen LogP contribution in [0.2, 0.25) is 0 Å². The minimum atomic E-state index is -0.765. The van der Waals surface area contributed by atoms with Crippen molar-refractivity contribution in [1.82, 2.24) is 9.55 Å². The van der Waals surface area contributed by atoms with Crippen LogP contribution in [0.5, 0.6) is 17.2 Å². The summed E-state index contributed by atoms with van der Waals surface area (Å²) >= 11 is 0. The maximum Gasteiger partial charge on any atom is 0.330 e. The molecule has 0 aliphatic rings. The number of rotatable bonds is 10. The van der Waals surface area contributed by atoms with Crippen molar-refractivity contribution in [2.75, 3.05) is 32.0 Å². The van der Waals surface area contributed by atoms with Crippen molar-refractivity contribution in [3.8, 4) is 17.2 Å². The van der Waals surface area contributed by atoms with E-state index in [0.717, 1.165) is 6.42 Å². The number of hydrogen-bond acceptors (Lipinski definition) is 7. The second-order valence-electron chi connectivity index (χ2n) is 7.80. The maximum absolute atomic E-state index is 13.9. The number of H-pyrrole nitrogens is 1. The van der Waals surface area contributed by atoms with E-state index in [2.05, 4.69) is 4.98 Å². The Morgan fingerprint density at radius 1 is 1.03 bits per heavy atom. The average Bonchev–Trinajstić information content (AvgIpc) is 2.87. The number of ether oxygens (including phenoxy) is 3.